The number of hydrogen-bond donors (Lipinski definition) is 2. The molecule has 0 saturated carbocycles. The number of aryl methyl sites for hydroxylation is 1. The van der Waals surface area contributed by atoms with Gasteiger partial charge >= 0.3 is 0 Å². The molecule has 0 spiro atoms. The molecule has 0 radical (unpaired) electrons. The number of carbonyl (C=O) groups is 2. The Balaban J connectivity index is 1.56. The molecule has 2 aromatic rings. The topological polar surface area (TPSA) is 70.7 Å². The highest BCUT2D eigenvalue weighted by Gasteiger charge is 2.26. The maximum atomic E-state index is 12.7. The lowest BCUT2D eigenvalue weighted by atomic mass is 9.95. The summed E-state index contributed by atoms with van der Waals surface area (Å²) in [4.78, 5) is 26.9. The second kappa shape index (κ2) is 10.6. The first-order valence-corrected chi connectivity index (χ1v) is 11.0. The third kappa shape index (κ3) is 6.97. The number of amides is 2. The predicted octanol–water partition coefficient (Wildman–Crippen LogP) is 4.62. The zero-order valence-electron chi connectivity index (χ0n) is 18.3. The Morgan fingerprint density at radius 2 is 1.81 bits per heavy atom. The van der Waals surface area contributed by atoms with E-state index < -0.39 is 0 Å². The molecular weight excluding hydrogens is 414 g/mol. The Kier molecular flexibility index (Phi) is 7.93. The Labute approximate surface area is 188 Å². The fraction of sp³-hybridized carbons (Fsp3) is 0.417. The smallest absolute Gasteiger partial charge is 0.238 e. The number of piperidine rings is 1. The first-order valence-electron chi connectivity index (χ1n) is 10.7. The van der Waals surface area contributed by atoms with E-state index in [-0.39, 0.29) is 30.3 Å². The first-order chi connectivity index (χ1) is 14.8. The molecular formula is C24H30ClN3O3. The molecule has 2 N–H and O–H groups in total. The van der Waals surface area contributed by atoms with Crippen molar-refractivity contribution in [3.8, 4) is 11.5 Å². The van der Waals surface area contributed by atoms with Gasteiger partial charge in [-0.2, -0.15) is 0 Å². The minimum atomic E-state index is -0.138. The Morgan fingerprint density at radius 3 is 2.45 bits per heavy atom. The average Bonchev–Trinajstić information content (AvgIpc) is 2.71. The quantitative estimate of drug-likeness (QED) is 0.655. The van der Waals surface area contributed by atoms with Gasteiger partial charge in [0.15, 0.2) is 5.75 Å². The lowest BCUT2D eigenvalue weighted by Gasteiger charge is -2.31. The van der Waals surface area contributed by atoms with E-state index >= 15 is 0 Å². The maximum absolute atomic E-state index is 12.7. The van der Waals surface area contributed by atoms with Gasteiger partial charge in [0.2, 0.25) is 11.8 Å². The number of carbonyl (C=O) groups excluding carboxylic acids is 2. The zero-order chi connectivity index (χ0) is 22.4. The number of hydrogen-bond acceptors (Lipinski definition) is 4. The highest BCUT2D eigenvalue weighted by molar-refractivity contribution is 6.31. The van der Waals surface area contributed by atoms with Gasteiger partial charge in [-0.15, -0.1) is 0 Å². The number of rotatable bonds is 7. The zero-order valence-corrected chi connectivity index (χ0v) is 19.0. The lowest BCUT2D eigenvalue weighted by molar-refractivity contribution is -0.127. The van der Waals surface area contributed by atoms with Crippen LogP contribution in [0.3, 0.4) is 0 Å². The van der Waals surface area contributed by atoms with Crippen molar-refractivity contribution in [3.63, 3.8) is 0 Å². The van der Waals surface area contributed by atoms with E-state index in [2.05, 4.69) is 15.5 Å². The average molecular weight is 444 g/mol. The molecule has 1 heterocycles. The van der Waals surface area contributed by atoms with E-state index in [1.54, 1.807) is 18.2 Å². The molecule has 7 heteroatoms. The van der Waals surface area contributed by atoms with Crippen LogP contribution in [0.15, 0.2) is 42.5 Å². The summed E-state index contributed by atoms with van der Waals surface area (Å²) in [5, 5.41) is 6.41. The third-order valence-corrected chi connectivity index (χ3v) is 5.46. The molecule has 2 aromatic carbocycles. The summed E-state index contributed by atoms with van der Waals surface area (Å²) in [7, 11) is 0. The van der Waals surface area contributed by atoms with Gasteiger partial charge in [-0.25, -0.2) is 0 Å². The number of likely N-dealkylation sites (tertiary alicyclic amines) is 1. The second-order valence-electron chi connectivity index (χ2n) is 8.32. The van der Waals surface area contributed by atoms with Crippen LogP contribution in [-0.4, -0.2) is 42.4 Å². The van der Waals surface area contributed by atoms with Crippen LogP contribution in [0.5, 0.6) is 11.5 Å². The van der Waals surface area contributed by atoms with Gasteiger partial charge < -0.3 is 15.4 Å². The summed E-state index contributed by atoms with van der Waals surface area (Å²) < 4.78 is 5.95. The summed E-state index contributed by atoms with van der Waals surface area (Å²) in [6.45, 7) is 7.62. The molecule has 3 rings (SSSR count). The van der Waals surface area contributed by atoms with Crippen LogP contribution in [0.2, 0.25) is 5.02 Å². The summed E-state index contributed by atoms with van der Waals surface area (Å²) in [5.41, 5.74) is 1.67. The van der Waals surface area contributed by atoms with Crippen molar-refractivity contribution in [2.75, 3.05) is 25.0 Å². The minimum absolute atomic E-state index is 0.0177. The Hall–Kier alpha value is -2.57. The summed E-state index contributed by atoms with van der Waals surface area (Å²) in [6.07, 6.45) is 1.51. The SMILES string of the molecule is Cc1ccc(Oc2ccc(Cl)cc2NC(=O)CN2CCC(C(=O)NC(C)C)CC2)cc1. The normalized spacial score (nSPS) is 15.0. The van der Waals surface area contributed by atoms with Crippen LogP contribution in [0, 0.1) is 12.8 Å². The van der Waals surface area contributed by atoms with Gasteiger partial charge in [0.05, 0.1) is 12.2 Å². The molecule has 1 aliphatic rings. The van der Waals surface area contributed by atoms with Crippen molar-refractivity contribution in [1.82, 2.24) is 10.2 Å². The standard InChI is InChI=1S/C24H30ClN3O3/c1-16(2)26-24(30)18-10-12-28(13-11-18)15-23(29)27-21-14-19(25)6-9-22(21)31-20-7-4-17(3)5-8-20/h4-9,14,16,18H,10-13,15H2,1-3H3,(H,26,30)(H,27,29). The molecule has 0 unspecified atom stereocenters. The molecule has 166 valence electrons. The van der Waals surface area contributed by atoms with Gasteiger partial charge in [0.25, 0.3) is 0 Å². The van der Waals surface area contributed by atoms with Gasteiger partial charge in [-0.3, -0.25) is 14.5 Å². The third-order valence-electron chi connectivity index (χ3n) is 5.22. The molecule has 0 bridgehead atoms. The van der Waals surface area contributed by atoms with Crippen LogP contribution in [-0.2, 0) is 9.59 Å². The van der Waals surface area contributed by atoms with Crippen LogP contribution >= 0.6 is 11.6 Å². The molecule has 0 aromatic heterocycles. The first kappa shape index (κ1) is 23.1. The van der Waals surface area contributed by atoms with Gasteiger partial charge in [0.1, 0.15) is 5.75 Å². The van der Waals surface area contributed by atoms with Crippen LogP contribution in [0.25, 0.3) is 0 Å². The molecule has 2 amide bonds. The second-order valence-corrected chi connectivity index (χ2v) is 8.75. The summed E-state index contributed by atoms with van der Waals surface area (Å²) in [6, 6.07) is 13.0. The molecule has 0 atom stereocenters. The number of anilines is 1. The molecule has 0 aliphatic carbocycles. The highest BCUT2D eigenvalue weighted by atomic mass is 35.5. The van der Waals surface area contributed by atoms with Crippen molar-refractivity contribution < 1.29 is 14.3 Å². The summed E-state index contributed by atoms with van der Waals surface area (Å²) >= 11 is 6.14. The molecule has 1 saturated heterocycles. The van der Waals surface area contributed by atoms with E-state index in [0.717, 1.165) is 18.4 Å². The van der Waals surface area contributed by atoms with E-state index in [1.807, 2.05) is 45.0 Å². The number of halogens is 1. The molecule has 1 aliphatic heterocycles. The monoisotopic (exact) mass is 443 g/mol. The van der Waals surface area contributed by atoms with Crippen molar-refractivity contribution in [1.29, 1.82) is 0 Å². The number of ether oxygens (including phenoxy) is 1. The van der Waals surface area contributed by atoms with Crippen molar-refractivity contribution in [2.45, 2.75) is 39.7 Å². The molecule has 31 heavy (non-hydrogen) atoms. The Morgan fingerprint density at radius 1 is 1.13 bits per heavy atom. The lowest BCUT2D eigenvalue weighted by Crippen LogP contribution is -2.44. The molecule has 6 nitrogen and oxygen atoms in total. The number of nitrogens with zero attached hydrogens (tertiary/aromatic N) is 1. The molecule has 1 fully saturated rings. The van der Waals surface area contributed by atoms with E-state index in [9.17, 15) is 9.59 Å². The van der Waals surface area contributed by atoms with Crippen LogP contribution in [0.4, 0.5) is 5.69 Å². The number of nitrogens with one attached hydrogen (secondary N) is 2. The van der Waals surface area contributed by atoms with E-state index in [4.69, 9.17) is 16.3 Å². The van der Waals surface area contributed by atoms with Gasteiger partial charge in [0, 0.05) is 17.0 Å². The Bertz CT molecular complexity index is 907. The maximum Gasteiger partial charge on any atom is 0.238 e. The highest BCUT2D eigenvalue weighted by Crippen LogP contribution is 2.32. The fourth-order valence-corrected chi connectivity index (χ4v) is 3.74. The van der Waals surface area contributed by atoms with E-state index in [1.165, 1.54) is 0 Å². The van der Waals surface area contributed by atoms with Gasteiger partial charge in [-0.1, -0.05) is 29.3 Å². The van der Waals surface area contributed by atoms with Crippen molar-refractivity contribution in [3.05, 3.63) is 53.1 Å². The van der Waals surface area contributed by atoms with Crippen molar-refractivity contribution >= 4 is 29.1 Å². The van der Waals surface area contributed by atoms with E-state index in [0.29, 0.717) is 35.3 Å². The predicted molar refractivity (Wildman–Crippen MR) is 124 cm³/mol. The fourth-order valence-electron chi connectivity index (χ4n) is 3.57. The van der Waals surface area contributed by atoms with Crippen molar-refractivity contribution in [2.24, 2.45) is 5.92 Å². The minimum Gasteiger partial charge on any atom is -0.455 e. The van der Waals surface area contributed by atoms with Crippen LogP contribution in [0.1, 0.15) is 32.3 Å². The van der Waals surface area contributed by atoms with Crippen LogP contribution < -0.4 is 15.4 Å². The largest absolute Gasteiger partial charge is 0.455 e. The summed E-state index contributed by atoms with van der Waals surface area (Å²) in [5.74, 6) is 1.21. The van der Waals surface area contributed by atoms with Gasteiger partial charge in [-0.05, 0) is 77.0 Å². The number of benzene rings is 2.